The van der Waals surface area contributed by atoms with E-state index in [-0.39, 0.29) is 22.6 Å². The van der Waals surface area contributed by atoms with Gasteiger partial charge in [-0.05, 0) is 60.8 Å². The van der Waals surface area contributed by atoms with E-state index in [1.807, 2.05) is 0 Å². The highest BCUT2D eigenvalue weighted by Crippen LogP contribution is 2.38. The number of ether oxygens (including phenoxy) is 1. The molecule has 0 bridgehead atoms. The van der Waals surface area contributed by atoms with Gasteiger partial charge in [0, 0.05) is 32.1 Å². The van der Waals surface area contributed by atoms with Crippen LogP contribution in [0.2, 0.25) is 0 Å². The smallest absolute Gasteiger partial charge is 0.354 e. The molecular weight excluding hydrogens is 456 g/mol. The first kappa shape index (κ1) is 22.9. The normalized spacial score (nSPS) is 19.9. The molecule has 1 aromatic carbocycles. The molecule has 11 heteroatoms. The number of nitrogens with one attached hydrogen (secondary N) is 1. The van der Waals surface area contributed by atoms with Gasteiger partial charge in [-0.1, -0.05) is 6.07 Å². The van der Waals surface area contributed by atoms with E-state index >= 15 is 0 Å². The van der Waals surface area contributed by atoms with E-state index in [1.54, 1.807) is 16.6 Å². The zero-order valence-electron chi connectivity index (χ0n) is 19.5. The number of rotatable bonds is 4. The fourth-order valence-electron chi connectivity index (χ4n) is 5.22. The lowest BCUT2D eigenvalue weighted by Gasteiger charge is -2.28. The van der Waals surface area contributed by atoms with Crippen LogP contribution in [0.5, 0.6) is 5.88 Å². The van der Waals surface area contributed by atoms with Gasteiger partial charge >= 0.3 is 6.03 Å². The molecule has 2 aliphatic carbocycles. The summed E-state index contributed by atoms with van der Waals surface area (Å²) in [5.74, 6) is 0.259. The number of benzene rings is 1. The van der Waals surface area contributed by atoms with E-state index in [9.17, 15) is 13.8 Å². The van der Waals surface area contributed by atoms with Gasteiger partial charge in [0.25, 0.3) is 0 Å². The molecule has 5 rings (SSSR count). The van der Waals surface area contributed by atoms with Crippen LogP contribution in [0.25, 0.3) is 0 Å². The number of amides is 3. The van der Waals surface area contributed by atoms with Crippen LogP contribution in [0.4, 0.5) is 10.5 Å². The number of carbonyl (C=O) groups excluding carboxylic acids is 2. The number of hydrogen-bond donors (Lipinski definition) is 2. The van der Waals surface area contributed by atoms with Crippen molar-refractivity contribution in [3.63, 3.8) is 0 Å². The largest absolute Gasteiger partial charge is 0.476 e. The lowest BCUT2D eigenvalue weighted by Crippen LogP contribution is -2.37. The molecule has 3 amide bonds. The molecule has 1 aromatic heterocycles. The molecule has 3 aliphatic rings. The summed E-state index contributed by atoms with van der Waals surface area (Å²) < 4.78 is 24.5. The van der Waals surface area contributed by atoms with Crippen molar-refractivity contribution in [2.45, 2.75) is 56.9 Å². The fourth-order valence-corrected chi connectivity index (χ4v) is 6.23. The summed E-state index contributed by atoms with van der Waals surface area (Å²) in [6.45, 7) is 2.83. The van der Waals surface area contributed by atoms with Crippen LogP contribution in [-0.4, -0.2) is 51.0 Å². The van der Waals surface area contributed by atoms with Crippen LogP contribution in [-0.2, 0) is 46.9 Å². The molecule has 34 heavy (non-hydrogen) atoms. The van der Waals surface area contributed by atoms with Gasteiger partial charge in [0.1, 0.15) is 4.90 Å². The Balaban J connectivity index is 1.37. The molecule has 0 spiro atoms. The van der Waals surface area contributed by atoms with Crippen molar-refractivity contribution in [2.75, 3.05) is 25.5 Å². The number of hydrogen-bond acceptors (Lipinski definition) is 5. The predicted molar refractivity (Wildman–Crippen MR) is 127 cm³/mol. The molecule has 182 valence electrons. The summed E-state index contributed by atoms with van der Waals surface area (Å²) in [5, 5.41) is 13.2. The number of aryl methyl sites for hydroxylation is 2. The minimum absolute atomic E-state index is 0.0311. The van der Waals surface area contributed by atoms with Crippen LogP contribution < -0.4 is 15.2 Å². The van der Waals surface area contributed by atoms with E-state index in [2.05, 4.69) is 20.8 Å². The highest BCUT2D eigenvalue weighted by molar-refractivity contribution is 7.91. The lowest BCUT2D eigenvalue weighted by atomic mass is 9.99. The Hall–Kier alpha value is -2.92. The standard InChI is InChI=1S/C23H30N6O4S/c1-14(30)28(2)11-15-12-29-22(33-13-15)20(10-25-29)34(24,32)27-23(31)26-21-18-7-3-5-16(18)9-17-6-4-8-19(17)21/h9-10,15H,3-8,11-13H2,1-2H3,(H3,24,26,27,31,32). The number of fused-ring (bicyclic) bond motifs is 3. The van der Waals surface area contributed by atoms with Gasteiger partial charge in [-0.25, -0.2) is 18.8 Å². The Bertz CT molecular complexity index is 1260. The van der Waals surface area contributed by atoms with Gasteiger partial charge in [-0.3, -0.25) is 4.79 Å². The molecule has 10 nitrogen and oxygen atoms in total. The van der Waals surface area contributed by atoms with Crippen molar-refractivity contribution < 1.29 is 18.5 Å². The predicted octanol–water partition coefficient (Wildman–Crippen LogP) is 2.28. The number of urea groups is 1. The quantitative estimate of drug-likeness (QED) is 0.684. The van der Waals surface area contributed by atoms with Crippen molar-refractivity contribution in [3.05, 3.63) is 34.5 Å². The van der Waals surface area contributed by atoms with Crippen molar-refractivity contribution in [3.8, 4) is 5.88 Å². The van der Waals surface area contributed by atoms with Gasteiger partial charge in [0.05, 0.1) is 19.3 Å². The molecule has 2 unspecified atom stereocenters. The monoisotopic (exact) mass is 486 g/mol. The summed E-state index contributed by atoms with van der Waals surface area (Å²) in [6, 6.07) is 1.56. The first-order chi connectivity index (χ1) is 16.2. The maximum Gasteiger partial charge on any atom is 0.354 e. The zero-order chi connectivity index (χ0) is 24.0. The minimum Gasteiger partial charge on any atom is -0.476 e. The van der Waals surface area contributed by atoms with Crippen molar-refractivity contribution in [1.29, 1.82) is 0 Å². The Labute approximate surface area is 199 Å². The van der Waals surface area contributed by atoms with Crippen molar-refractivity contribution in [1.82, 2.24) is 14.7 Å². The Morgan fingerprint density at radius 3 is 2.59 bits per heavy atom. The third-order valence-electron chi connectivity index (χ3n) is 6.95. The highest BCUT2D eigenvalue weighted by atomic mass is 32.2. The fraction of sp³-hybridized carbons (Fsp3) is 0.522. The van der Waals surface area contributed by atoms with E-state index in [4.69, 9.17) is 9.88 Å². The molecule has 2 aromatic rings. The van der Waals surface area contributed by atoms with Gasteiger partial charge in [-0.2, -0.15) is 5.10 Å². The second-order valence-corrected chi connectivity index (χ2v) is 11.2. The second-order valence-electron chi connectivity index (χ2n) is 9.40. The molecule has 2 atom stereocenters. The van der Waals surface area contributed by atoms with E-state index in [0.29, 0.717) is 19.7 Å². The van der Waals surface area contributed by atoms with Crippen LogP contribution >= 0.6 is 0 Å². The summed E-state index contributed by atoms with van der Waals surface area (Å²) in [4.78, 5) is 26.1. The van der Waals surface area contributed by atoms with E-state index in [0.717, 1.165) is 44.2 Å². The number of aromatic nitrogens is 2. The summed E-state index contributed by atoms with van der Waals surface area (Å²) in [7, 11) is -1.84. The SMILES string of the molecule is CC(=O)N(C)CC1COc2c(S(N)(=O)=NC(=O)Nc3c4c(cc5c3CCC5)CCC4)cnn2C1. The molecule has 2 heterocycles. The average molecular weight is 487 g/mol. The number of nitrogens with two attached hydrogens (primary N) is 1. The van der Waals surface area contributed by atoms with Crippen LogP contribution in [0.15, 0.2) is 21.5 Å². The number of carbonyl (C=O) groups is 2. The Morgan fingerprint density at radius 2 is 1.94 bits per heavy atom. The van der Waals surface area contributed by atoms with Gasteiger partial charge in [0.15, 0.2) is 9.92 Å². The van der Waals surface area contributed by atoms with Gasteiger partial charge < -0.3 is 15.0 Å². The summed E-state index contributed by atoms with van der Waals surface area (Å²) in [6.07, 6.45) is 7.34. The molecule has 1 aliphatic heterocycles. The Morgan fingerprint density at radius 1 is 1.26 bits per heavy atom. The van der Waals surface area contributed by atoms with Crippen LogP contribution in [0, 0.1) is 5.92 Å². The molecule has 3 N–H and O–H groups in total. The topological polar surface area (TPSA) is 132 Å². The maximum atomic E-state index is 13.3. The molecule has 0 saturated heterocycles. The maximum absolute atomic E-state index is 13.3. The minimum atomic E-state index is -3.57. The van der Waals surface area contributed by atoms with Crippen molar-refractivity contribution in [2.24, 2.45) is 15.4 Å². The van der Waals surface area contributed by atoms with Crippen molar-refractivity contribution >= 4 is 27.5 Å². The second kappa shape index (κ2) is 8.70. The van der Waals surface area contributed by atoms with Gasteiger partial charge in [0.2, 0.25) is 11.8 Å². The zero-order valence-corrected chi connectivity index (χ0v) is 20.3. The molecular formula is C23H30N6O4S. The van der Waals surface area contributed by atoms with Gasteiger partial charge in [-0.15, -0.1) is 4.36 Å². The third-order valence-corrected chi connectivity index (χ3v) is 8.30. The number of nitrogens with zero attached hydrogens (tertiary/aromatic N) is 4. The molecule has 0 radical (unpaired) electrons. The molecule has 0 fully saturated rings. The first-order valence-electron chi connectivity index (χ1n) is 11.7. The Kier molecular flexibility index (Phi) is 5.85. The third kappa shape index (κ3) is 4.18. The summed E-state index contributed by atoms with van der Waals surface area (Å²) in [5.41, 5.74) is 5.74. The van der Waals surface area contributed by atoms with Crippen LogP contribution in [0.3, 0.4) is 0 Å². The lowest BCUT2D eigenvalue weighted by molar-refractivity contribution is -0.128. The summed E-state index contributed by atoms with van der Waals surface area (Å²) >= 11 is 0. The average Bonchev–Trinajstić information content (AvgIpc) is 3.52. The number of anilines is 1. The highest BCUT2D eigenvalue weighted by Gasteiger charge is 2.30. The van der Waals surface area contributed by atoms with E-state index < -0.39 is 15.9 Å². The van der Waals surface area contributed by atoms with E-state index in [1.165, 1.54) is 35.4 Å². The first-order valence-corrected chi connectivity index (χ1v) is 13.2. The van der Waals surface area contributed by atoms with Crippen LogP contribution in [0.1, 0.15) is 42.0 Å². The molecule has 0 saturated carbocycles.